The van der Waals surface area contributed by atoms with E-state index in [4.69, 9.17) is 39.4 Å². The molecule has 558 valence electrons. The van der Waals surface area contributed by atoms with Crippen molar-refractivity contribution in [3.8, 4) is 169 Å². The number of aromatic nitrogens is 6. The lowest BCUT2D eigenvalue weighted by molar-refractivity contribution is 0.438. The van der Waals surface area contributed by atoms with Gasteiger partial charge in [0.2, 0.25) is 0 Å². The van der Waals surface area contributed by atoms with Crippen LogP contribution in [0, 0.1) is 0 Å². The minimum atomic E-state index is -0.896. The summed E-state index contributed by atoms with van der Waals surface area (Å²) < 4.78 is 15.1. The van der Waals surface area contributed by atoms with Crippen LogP contribution in [0.1, 0.15) is 44.5 Å². The summed E-state index contributed by atoms with van der Waals surface area (Å²) in [7, 11) is 0. The van der Waals surface area contributed by atoms with E-state index in [-0.39, 0.29) is 0 Å². The fourth-order valence-corrected chi connectivity index (χ4v) is 19.7. The zero-order valence-electron chi connectivity index (χ0n) is 64.8. The molecule has 0 N–H and O–H groups in total. The van der Waals surface area contributed by atoms with Crippen LogP contribution in [0.3, 0.4) is 0 Å². The summed E-state index contributed by atoms with van der Waals surface area (Å²) in [6.07, 6.45) is 0. The number of para-hydroxylation sites is 4. The first-order chi connectivity index (χ1) is 59.5. The van der Waals surface area contributed by atoms with Crippen molar-refractivity contribution in [1.82, 2.24) is 29.9 Å². The number of rotatable bonds is 11. The lowest BCUT2D eigenvalue weighted by Gasteiger charge is -2.40. The maximum Gasteiger partial charge on any atom is 0.164 e. The second-order valence-electron chi connectivity index (χ2n) is 31.3. The highest BCUT2D eigenvalue weighted by atomic mass is 16.5. The van der Waals surface area contributed by atoms with Crippen LogP contribution in [0.5, 0.6) is 23.0 Å². The van der Waals surface area contributed by atoms with Gasteiger partial charge in [-0.2, -0.15) is 0 Å². The number of ether oxygens (including phenoxy) is 2. The number of hydrogen-bond donors (Lipinski definition) is 0. The highest BCUT2D eigenvalue weighted by Crippen LogP contribution is 2.67. The summed E-state index contributed by atoms with van der Waals surface area (Å²) in [5.41, 5.74) is 26.9. The minimum Gasteiger partial charge on any atom is -0.456 e. The highest BCUT2D eigenvalue weighted by Gasteiger charge is 2.54. The van der Waals surface area contributed by atoms with Gasteiger partial charge in [0, 0.05) is 66.8 Å². The Kier molecular flexibility index (Phi) is 15.6. The van der Waals surface area contributed by atoms with E-state index >= 15 is 0 Å². The minimum absolute atomic E-state index is 0.499. The summed E-state index contributed by atoms with van der Waals surface area (Å²) in [6.45, 7) is 0. The molecule has 4 aliphatic rings. The Morgan fingerprint density at radius 2 is 0.525 bits per heavy atom. The normalized spacial score (nSPS) is 13.9. The first-order valence-electron chi connectivity index (χ1n) is 40.8. The van der Waals surface area contributed by atoms with E-state index in [0.29, 0.717) is 34.9 Å². The molecule has 1 atom stereocenters. The summed E-state index contributed by atoms with van der Waals surface area (Å²) in [5, 5.41) is 4.67. The molecule has 0 radical (unpaired) electrons. The van der Waals surface area contributed by atoms with Crippen molar-refractivity contribution < 1.29 is 9.47 Å². The predicted octanol–water partition coefficient (Wildman–Crippen LogP) is 27.6. The molecule has 2 aliphatic heterocycles. The van der Waals surface area contributed by atoms with E-state index in [1.165, 1.54) is 38.4 Å². The number of hydrogen-bond acceptors (Lipinski definition) is 8. The maximum atomic E-state index is 7.56. The van der Waals surface area contributed by atoms with Gasteiger partial charge in [-0.05, 0) is 147 Å². The van der Waals surface area contributed by atoms with E-state index in [2.05, 4.69) is 394 Å². The zero-order valence-corrected chi connectivity index (χ0v) is 64.8. The van der Waals surface area contributed by atoms with Crippen LogP contribution in [0.4, 0.5) is 0 Å². The lowest BCUT2D eigenvalue weighted by Crippen LogP contribution is -2.32. The Bertz CT molecular complexity index is 7480. The van der Waals surface area contributed by atoms with Crippen molar-refractivity contribution >= 4 is 21.5 Å². The van der Waals surface area contributed by atoms with Crippen molar-refractivity contribution in [2.45, 2.75) is 10.8 Å². The van der Waals surface area contributed by atoms with Gasteiger partial charge in [-0.1, -0.05) is 376 Å². The molecule has 24 rings (SSSR count). The van der Waals surface area contributed by atoms with Crippen molar-refractivity contribution in [2.24, 2.45) is 0 Å². The Morgan fingerprint density at radius 3 is 1.11 bits per heavy atom. The highest BCUT2D eigenvalue weighted by molar-refractivity contribution is 6.09. The van der Waals surface area contributed by atoms with E-state index < -0.39 is 10.8 Å². The van der Waals surface area contributed by atoms with Gasteiger partial charge in [-0.3, -0.25) is 0 Å². The van der Waals surface area contributed by atoms with Gasteiger partial charge < -0.3 is 9.47 Å². The third kappa shape index (κ3) is 10.6. The Labute approximate surface area is 693 Å². The molecule has 2 aliphatic carbocycles. The van der Waals surface area contributed by atoms with Crippen LogP contribution in [0.25, 0.3) is 168 Å². The fourth-order valence-electron chi connectivity index (χ4n) is 19.7. The summed E-state index contributed by atoms with van der Waals surface area (Å²) >= 11 is 0. The standard InChI is InChI=1S/C112H68N6O2/c1-4-29-69(30-5-1)73-36-24-38-77(65-73)106-114-107(78-39-25-37-74(66-78)70-31-6-2-7-32-70)118-110(117-106)91-68-76(61-64-84(91)88-48-28-55-98-104(88)119-100-57-22-20-52-95(100)111(98)92-49-17-14-42-85(92)86-43-15-18-50-93(86)111)82-46-26-54-97-102(82)90-45-16-19-51-94(90)112(97)96-53-21-23-58-101(96)120-103-87(47-27-56-99(103)112)83-41-12-13-44-89(83)109-115-105(72-34-8-3-9-35-72)113-108(116-109)79-62-63-81-75(67-79)60-59-71-33-10-11-40-80(71)81/h1-68H. The average molecular weight is 1530 g/mol. The van der Waals surface area contributed by atoms with Crippen LogP contribution in [0.15, 0.2) is 413 Å². The van der Waals surface area contributed by atoms with Gasteiger partial charge >= 0.3 is 0 Å². The first-order valence-corrected chi connectivity index (χ1v) is 40.8. The molecule has 20 aromatic rings. The molecule has 0 fully saturated rings. The van der Waals surface area contributed by atoms with E-state index in [9.17, 15) is 0 Å². The molecule has 8 heteroatoms. The Hall–Kier alpha value is -15.9. The van der Waals surface area contributed by atoms with Crippen molar-refractivity contribution in [2.75, 3.05) is 0 Å². The molecule has 4 heterocycles. The van der Waals surface area contributed by atoms with E-state index in [0.717, 1.165) is 162 Å². The third-order valence-corrected chi connectivity index (χ3v) is 24.9. The molecule has 120 heavy (non-hydrogen) atoms. The Balaban J connectivity index is 0.721. The van der Waals surface area contributed by atoms with Crippen molar-refractivity contribution in [1.29, 1.82) is 0 Å². The SMILES string of the molecule is c1ccc(-c2cccc(-c3nc(-c4cccc(-c5ccccc5)c4)nc(-c4cc(-c5cccc6c5-c5ccccc5C65c6ccccc6Oc6c(-c7ccccc7-c7nc(-c8ccccc8)nc(-c8ccc9c(ccc%10ccccc%109)c8)n7)cccc65)ccc4-c4cccc5c4Oc4ccccc4C54c5ccccc5-c5ccccc54)n3)c2)cc1. The molecular formula is C112H68N6O2. The van der Waals surface area contributed by atoms with Crippen LogP contribution in [0.2, 0.25) is 0 Å². The molecule has 2 spiro atoms. The molecule has 0 bridgehead atoms. The number of fused-ring (bicyclic) bond motifs is 21. The van der Waals surface area contributed by atoms with Gasteiger partial charge in [0.1, 0.15) is 23.0 Å². The third-order valence-electron chi connectivity index (χ3n) is 24.9. The molecule has 0 saturated carbocycles. The fraction of sp³-hybridized carbons (Fsp3) is 0.0179. The van der Waals surface area contributed by atoms with Gasteiger partial charge in [-0.25, -0.2) is 29.9 Å². The second kappa shape index (κ2) is 27.4. The molecule has 18 aromatic carbocycles. The maximum absolute atomic E-state index is 7.56. The molecule has 2 aromatic heterocycles. The van der Waals surface area contributed by atoms with Gasteiger partial charge in [-0.15, -0.1) is 0 Å². The smallest absolute Gasteiger partial charge is 0.164 e. The quantitative estimate of drug-likeness (QED) is 0.118. The van der Waals surface area contributed by atoms with Crippen LogP contribution in [-0.4, -0.2) is 29.9 Å². The molecular weight excluding hydrogens is 1460 g/mol. The predicted molar refractivity (Wildman–Crippen MR) is 483 cm³/mol. The molecule has 0 amide bonds. The molecule has 0 saturated heterocycles. The monoisotopic (exact) mass is 1530 g/mol. The van der Waals surface area contributed by atoms with Crippen LogP contribution in [-0.2, 0) is 10.8 Å². The van der Waals surface area contributed by atoms with E-state index in [1.807, 2.05) is 18.2 Å². The number of benzene rings is 18. The number of nitrogens with zero attached hydrogens (tertiary/aromatic N) is 6. The van der Waals surface area contributed by atoms with Crippen molar-refractivity contribution in [3.63, 3.8) is 0 Å². The van der Waals surface area contributed by atoms with Gasteiger partial charge in [0.15, 0.2) is 34.9 Å². The van der Waals surface area contributed by atoms with Crippen LogP contribution >= 0.6 is 0 Å². The topological polar surface area (TPSA) is 95.8 Å². The van der Waals surface area contributed by atoms with E-state index in [1.54, 1.807) is 0 Å². The molecule has 8 nitrogen and oxygen atoms in total. The summed E-state index contributed by atoms with van der Waals surface area (Å²) in [5.74, 6) is 6.33. The largest absolute Gasteiger partial charge is 0.456 e. The summed E-state index contributed by atoms with van der Waals surface area (Å²) in [4.78, 5) is 33.2. The average Bonchev–Trinajstić information content (AvgIpc) is 1.50. The first kappa shape index (κ1) is 68.5. The lowest BCUT2D eigenvalue weighted by atomic mass is 9.65. The molecule has 1 unspecified atom stereocenters. The summed E-state index contributed by atoms with van der Waals surface area (Å²) in [6, 6.07) is 147. The zero-order chi connectivity index (χ0) is 79.0. The second-order valence-corrected chi connectivity index (χ2v) is 31.3. The van der Waals surface area contributed by atoms with Crippen LogP contribution < -0.4 is 9.47 Å². The van der Waals surface area contributed by atoms with Gasteiger partial charge in [0.25, 0.3) is 0 Å². The Morgan fingerprint density at radius 1 is 0.167 bits per heavy atom. The van der Waals surface area contributed by atoms with Crippen molar-refractivity contribution in [3.05, 3.63) is 457 Å². The van der Waals surface area contributed by atoms with Gasteiger partial charge in [0.05, 0.1) is 10.8 Å².